The smallest absolute Gasteiger partial charge is 0.225 e. The third kappa shape index (κ3) is 2.28. The highest BCUT2D eigenvalue weighted by atomic mass is 35.5. The van der Waals surface area contributed by atoms with Crippen molar-refractivity contribution >= 4 is 39.1 Å². The van der Waals surface area contributed by atoms with Crippen LogP contribution in [0.25, 0.3) is 10.2 Å². The Labute approximate surface area is 104 Å². The topological polar surface area (TPSA) is 37.8 Å². The lowest BCUT2D eigenvalue weighted by molar-refractivity contribution is 0.878. The van der Waals surface area contributed by atoms with Gasteiger partial charge in [0.15, 0.2) is 0 Å². The molecule has 0 atom stereocenters. The molecule has 2 aromatic rings. The average molecular weight is 256 g/mol. The number of aryl methyl sites for hydroxylation is 1. The van der Waals surface area contributed by atoms with Crippen molar-refractivity contribution in [2.75, 3.05) is 5.32 Å². The molecular weight excluding hydrogens is 242 g/mol. The molecule has 0 aliphatic carbocycles. The van der Waals surface area contributed by atoms with Crippen LogP contribution in [0.4, 0.5) is 5.95 Å². The first-order valence-electron chi connectivity index (χ1n) is 5.32. The number of nitrogens with one attached hydrogen (secondary N) is 1. The average Bonchev–Trinajstić information content (AvgIpc) is 2.60. The molecule has 2 aromatic heterocycles. The summed E-state index contributed by atoms with van der Waals surface area (Å²) in [6.45, 7) is 6.22. The van der Waals surface area contributed by atoms with Gasteiger partial charge in [-0.05, 0) is 26.3 Å². The third-order valence-electron chi connectivity index (χ3n) is 2.16. The molecule has 0 aromatic carbocycles. The maximum Gasteiger partial charge on any atom is 0.225 e. The number of hydrogen-bond donors (Lipinski definition) is 1. The van der Waals surface area contributed by atoms with Crippen LogP contribution in [-0.4, -0.2) is 16.0 Å². The molecule has 0 aliphatic rings. The molecule has 0 saturated heterocycles. The molecular formula is C11H14ClN3S. The molecule has 0 fully saturated rings. The van der Waals surface area contributed by atoms with Crippen LogP contribution in [-0.2, 0) is 6.42 Å². The number of aromatic nitrogens is 2. The summed E-state index contributed by atoms with van der Waals surface area (Å²) in [4.78, 5) is 10.9. The molecule has 3 nitrogen and oxygen atoms in total. The fourth-order valence-corrected chi connectivity index (χ4v) is 2.68. The van der Waals surface area contributed by atoms with Crippen LogP contribution in [0.5, 0.6) is 0 Å². The minimum absolute atomic E-state index is 0.305. The minimum Gasteiger partial charge on any atom is -0.352 e. The van der Waals surface area contributed by atoms with Gasteiger partial charge in [0.25, 0.3) is 0 Å². The van der Waals surface area contributed by atoms with E-state index in [9.17, 15) is 0 Å². The fraction of sp³-hybridized carbons (Fsp3) is 0.455. The standard InChI is InChI=1S/C11H14ClN3S/c1-4-7-5-8-9(12)14-11(13-6(2)3)15-10(8)16-7/h5-6H,4H2,1-3H3,(H,13,14,15). The van der Waals surface area contributed by atoms with E-state index in [1.807, 2.05) is 13.8 Å². The molecule has 5 heteroatoms. The number of halogens is 1. The quantitative estimate of drug-likeness (QED) is 0.850. The van der Waals surface area contributed by atoms with E-state index in [4.69, 9.17) is 11.6 Å². The summed E-state index contributed by atoms with van der Waals surface area (Å²) in [6, 6.07) is 2.38. The number of hydrogen-bond acceptors (Lipinski definition) is 4. The summed E-state index contributed by atoms with van der Waals surface area (Å²) >= 11 is 7.81. The van der Waals surface area contributed by atoms with Gasteiger partial charge in [-0.25, -0.2) is 9.97 Å². The van der Waals surface area contributed by atoms with E-state index in [-0.39, 0.29) is 0 Å². The van der Waals surface area contributed by atoms with Crippen LogP contribution in [0.3, 0.4) is 0 Å². The Hall–Kier alpha value is -0.870. The lowest BCUT2D eigenvalue weighted by Crippen LogP contribution is -2.12. The predicted octanol–water partition coefficient (Wildman–Crippen LogP) is 3.73. The van der Waals surface area contributed by atoms with E-state index in [1.54, 1.807) is 11.3 Å². The second kappa shape index (κ2) is 4.55. The third-order valence-corrected chi connectivity index (χ3v) is 3.62. The van der Waals surface area contributed by atoms with Crippen LogP contribution in [0.15, 0.2) is 6.07 Å². The zero-order valence-electron chi connectivity index (χ0n) is 9.54. The molecule has 86 valence electrons. The predicted molar refractivity (Wildman–Crippen MR) is 70.6 cm³/mol. The molecule has 16 heavy (non-hydrogen) atoms. The van der Waals surface area contributed by atoms with Crippen molar-refractivity contribution in [3.63, 3.8) is 0 Å². The fourth-order valence-electron chi connectivity index (χ4n) is 1.43. The Morgan fingerprint density at radius 3 is 2.81 bits per heavy atom. The largest absolute Gasteiger partial charge is 0.352 e. The molecule has 0 bridgehead atoms. The number of fused-ring (bicyclic) bond motifs is 1. The molecule has 0 saturated carbocycles. The maximum absolute atomic E-state index is 6.13. The SMILES string of the molecule is CCc1cc2c(Cl)nc(NC(C)C)nc2s1. The first-order chi connectivity index (χ1) is 7.60. The van der Waals surface area contributed by atoms with Crippen molar-refractivity contribution in [2.45, 2.75) is 33.2 Å². The van der Waals surface area contributed by atoms with E-state index < -0.39 is 0 Å². The summed E-state index contributed by atoms with van der Waals surface area (Å²) in [5, 5.41) is 4.65. The van der Waals surface area contributed by atoms with Crippen molar-refractivity contribution in [2.24, 2.45) is 0 Å². The summed E-state index contributed by atoms with van der Waals surface area (Å²) in [6.07, 6.45) is 1.00. The van der Waals surface area contributed by atoms with E-state index in [1.165, 1.54) is 4.88 Å². The van der Waals surface area contributed by atoms with Crippen molar-refractivity contribution in [1.82, 2.24) is 9.97 Å². The van der Waals surface area contributed by atoms with Crippen LogP contribution in [0.2, 0.25) is 5.15 Å². The zero-order valence-corrected chi connectivity index (χ0v) is 11.1. The number of nitrogens with zero attached hydrogens (tertiary/aromatic N) is 2. The van der Waals surface area contributed by atoms with Gasteiger partial charge in [0.1, 0.15) is 9.98 Å². The van der Waals surface area contributed by atoms with E-state index >= 15 is 0 Å². The van der Waals surface area contributed by atoms with E-state index in [0.29, 0.717) is 17.1 Å². The number of thiophene rings is 1. The van der Waals surface area contributed by atoms with Gasteiger partial charge in [-0.2, -0.15) is 0 Å². The van der Waals surface area contributed by atoms with Gasteiger partial charge in [-0.1, -0.05) is 18.5 Å². The van der Waals surface area contributed by atoms with Gasteiger partial charge in [0, 0.05) is 16.3 Å². The normalized spacial score (nSPS) is 11.3. The van der Waals surface area contributed by atoms with Crippen molar-refractivity contribution in [1.29, 1.82) is 0 Å². The monoisotopic (exact) mass is 255 g/mol. The Morgan fingerprint density at radius 2 is 2.19 bits per heavy atom. The van der Waals surface area contributed by atoms with Crippen LogP contribution >= 0.6 is 22.9 Å². The second-order valence-electron chi connectivity index (χ2n) is 3.92. The van der Waals surface area contributed by atoms with Crippen molar-refractivity contribution in [3.05, 3.63) is 16.1 Å². The van der Waals surface area contributed by atoms with Crippen molar-refractivity contribution in [3.8, 4) is 0 Å². The summed E-state index contributed by atoms with van der Waals surface area (Å²) in [5.41, 5.74) is 0. The lowest BCUT2D eigenvalue weighted by Gasteiger charge is -2.07. The summed E-state index contributed by atoms with van der Waals surface area (Å²) in [7, 11) is 0. The van der Waals surface area contributed by atoms with Gasteiger partial charge in [0.2, 0.25) is 5.95 Å². The van der Waals surface area contributed by atoms with Gasteiger partial charge in [0.05, 0.1) is 0 Å². The van der Waals surface area contributed by atoms with Gasteiger partial charge >= 0.3 is 0 Å². The lowest BCUT2D eigenvalue weighted by atomic mass is 10.3. The highest BCUT2D eigenvalue weighted by Gasteiger charge is 2.10. The number of rotatable bonds is 3. The molecule has 2 heterocycles. The molecule has 0 amide bonds. The first kappa shape index (κ1) is 11.6. The van der Waals surface area contributed by atoms with Crippen LogP contribution in [0, 0.1) is 0 Å². The van der Waals surface area contributed by atoms with Gasteiger partial charge < -0.3 is 5.32 Å². The number of anilines is 1. The Bertz CT molecular complexity index is 507. The maximum atomic E-state index is 6.13. The van der Waals surface area contributed by atoms with E-state index in [0.717, 1.165) is 16.6 Å². The Morgan fingerprint density at radius 1 is 1.44 bits per heavy atom. The summed E-state index contributed by atoms with van der Waals surface area (Å²) in [5.74, 6) is 0.608. The molecule has 0 spiro atoms. The molecule has 1 N–H and O–H groups in total. The second-order valence-corrected chi connectivity index (χ2v) is 5.40. The highest BCUT2D eigenvalue weighted by Crippen LogP contribution is 2.30. The van der Waals surface area contributed by atoms with Gasteiger partial charge in [-0.3, -0.25) is 0 Å². The Kier molecular flexibility index (Phi) is 3.30. The van der Waals surface area contributed by atoms with Gasteiger partial charge in [-0.15, -0.1) is 11.3 Å². The molecule has 0 aliphatic heterocycles. The zero-order chi connectivity index (χ0) is 11.7. The summed E-state index contributed by atoms with van der Waals surface area (Å²) < 4.78 is 0. The van der Waals surface area contributed by atoms with Crippen LogP contribution in [0.1, 0.15) is 25.6 Å². The molecule has 0 radical (unpaired) electrons. The molecule has 2 rings (SSSR count). The highest BCUT2D eigenvalue weighted by molar-refractivity contribution is 7.18. The van der Waals surface area contributed by atoms with Crippen LogP contribution < -0.4 is 5.32 Å². The molecule has 0 unspecified atom stereocenters. The minimum atomic E-state index is 0.305. The Balaban J connectivity index is 2.48. The van der Waals surface area contributed by atoms with E-state index in [2.05, 4.69) is 28.3 Å². The first-order valence-corrected chi connectivity index (χ1v) is 6.52. The van der Waals surface area contributed by atoms with Crippen molar-refractivity contribution < 1.29 is 0 Å².